The summed E-state index contributed by atoms with van der Waals surface area (Å²) in [7, 11) is -3.66. The molecule has 4 N–H and O–H groups in total. The lowest BCUT2D eigenvalue weighted by atomic mass is 9.84. The lowest BCUT2D eigenvalue weighted by molar-refractivity contribution is -0.192. The first-order chi connectivity index (χ1) is 17.3. The van der Waals surface area contributed by atoms with Gasteiger partial charge in [0.05, 0.1) is 0 Å². The fourth-order valence-corrected chi connectivity index (χ4v) is 5.18. The Balaban J connectivity index is 0.000000479. The van der Waals surface area contributed by atoms with Gasteiger partial charge in [-0.25, -0.2) is 17.9 Å². The van der Waals surface area contributed by atoms with Crippen molar-refractivity contribution in [2.75, 3.05) is 6.61 Å². The van der Waals surface area contributed by atoms with Crippen molar-refractivity contribution in [3.8, 4) is 5.75 Å². The highest BCUT2D eigenvalue weighted by Gasteiger charge is 2.38. The molecule has 0 aliphatic carbocycles. The van der Waals surface area contributed by atoms with Crippen molar-refractivity contribution in [3.63, 3.8) is 0 Å². The van der Waals surface area contributed by atoms with Crippen LogP contribution in [0, 0.1) is 13.8 Å². The molecular formula is C25H27F3N2O6S. The van der Waals surface area contributed by atoms with Gasteiger partial charge in [-0.2, -0.15) is 13.2 Å². The SMILES string of the molecule is Cc1cc(S(=O)(=O)NCc2ccc3c(c2)C(Cc2ccccc2)C(N)CO3)c(C)o1.O=C(O)C(F)(F)F. The summed E-state index contributed by atoms with van der Waals surface area (Å²) in [6, 6.07) is 17.4. The number of furan rings is 1. The molecule has 2 unspecified atom stereocenters. The molecule has 0 saturated carbocycles. The molecule has 0 bridgehead atoms. The van der Waals surface area contributed by atoms with Crippen molar-refractivity contribution in [2.45, 2.75) is 49.8 Å². The lowest BCUT2D eigenvalue weighted by Crippen LogP contribution is -2.39. The Kier molecular flexibility index (Phi) is 8.67. The number of alkyl halides is 3. The van der Waals surface area contributed by atoms with Gasteiger partial charge in [0.1, 0.15) is 28.8 Å². The van der Waals surface area contributed by atoms with Crippen LogP contribution in [-0.2, 0) is 27.8 Å². The summed E-state index contributed by atoms with van der Waals surface area (Å²) >= 11 is 0. The molecule has 1 aliphatic heterocycles. The summed E-state index contributed by atoms with van der Waals surface area (Å²) in [4.78, 5) is 9.07. The van der Waals surface area contributed by atoms with Crippen molar-refractivity contribution >= 4 is 16.0 Å². The zero-order valence-corrected chi connectivity index (χ0v) is 20.9. The molecule has 2 atom stereocenters. The number of carboxylic acid groups (broad SMARTS) is 1. The van der Waals surface area contributed by atoms with E-state index in [1.807, 2.05) is 36.4 Å². The predicted molar refractivity (Wildman–Crippen MR) is 129 cm³/mol. The largest absolute Gasteiger partial charge is 0.492 e. The number of aliphatic carboxylic acids is 1. The molecule has 4 rings (SSSR count). The molecule has 0 spiro atoms. The highest BCUT2D eigenvalue weighted by atomic mass is 32.2. The fraction of sp³-hybridized carbons (Fsp3) is 0.320. The topological polar surface area (TPSA) is 132 Å². The van der Waals surface area contributed by atoms with E-state index in [0.29, 0.717) is 18.1 Å². The second-order valence-corrected chi connectivity index (χ2v) is 10.3. The van der Waals surface area contributed by atoms with Crippen LogP contribution < -0.4 is 15.2 Å². The highest BCUT2D eigenvalue weighted by Crippen LogP contribution is 2.36. The van der Waals surface area contributed by atoms with E-state index < -0.39 is 22.2 Å². The van der Waals surface area contributed by atoms with E-state index in [-0.39, 0.29) is 23.4 Å². The van der Waals surface area contributed by atoms with Crippen molar-refractivity contribution in [1.82, 2.24) is 4.72 Å². The molecule has 1 aliphatic rings. The number of nitrogens with one attached hydrogen (secondary N) is 1. The number of sulfonamides is 1. The van der Waals surface area contributed by atoms with E-state index in [4.69, 9.17) is 24.8 Å². The first-order valence-corrected chi connectivity index (χ1v) is 12.7. The molecule has 0 radical (unpaired) electrons. The molecule has 0 amide bonds. The molecule has 2 aromatic carbocycles. The van der Waals surface area contributed by atoms with Gasteiger partial charge in [0.25, 0.3) is 0 Å². The van der Waals surface area contributed by atoms with E-state index in [1.165, 1.54) is 11.6 Å². The summed E-state index contributed by atoms with van der Waals surface area (Å²) in [6.45, 7) is 4.02. The first kappa shape index (κ1) is 28.2. The minimum Gasteiger partial charge on any atom is -0.492 e. The number of nitrogens with two attached hydrogens (primary N) is 1. The first-order valence-electron chi connectivity index (χ1n) is 11.2. The van der Waals surface area contributed by atoms with E-state index in [1.54, 1.807) is 13.8 Å². The van der Waals surface area contributed by atoms with Gasteiger partial charge in [-0.3, -0.25) is 0 Å². The number of fused-ring (bicyclic) bond motifs is 1. The van der Waals surface area contributed by atoms with Gasteiger partial charge in [-0.1, -0.05) is 42.5 Å². The number of rotatable bonds is 6. The van der Waals surface area contributed by atoms with Crippen LogP contribution in [0.2, 0.25) is 0 Å². The van der Waals surface area contributed by atoms with Crippen LogP contribution in [-0.4, -0.2) is 38.3 Å². The molecule has 1 aromatic heterocycles. The number of carbonyl (C=O) groups is 1. The maximum atomic E-state index is 12.7. The normalized spacial score (nSPS) is 17.2. The zero-order chi connectivity index (χ0) is 27.4. The maximum Gasteiger partial charge on any atom is 0.490 e. The third kappa shape index (κ3) is 7.34. The quantitative estimate of drug-likeness (QED) is 0.430. The third-order valence-corrected chi connectivity index (χ3v) is 7.22. The van der Waals surface area contributed by atoms with Crippen LogP contribution in [0.3, 0.4) is 0 Å². The Morgan fingerprint density at radius 3 is 2.32 bits per heavy atom. The third-order valence-electron chi connectivity index (χ3n) is 5.71. The van der Waals surface area contributed by atoms with Gasteiger partial charge in [-0.05, 0) is 49.1 Å². The van der Waals surface area contributed by atoms with Gasteiger partial charge in [0.2, 0.25) is 10.0 Å². The average Bonchev–Trinajstić information content (AvgIpc) is 3.19. The number of halogens is 3. The van der Waals surface area contributed by atoms with Crippen LogP contribution in [0.1, 0.15) is 34.1 Å². The Morgan fingerprint density at radius 1 is 1.11 bits per heavy atom. The highest BCUT2D eigenvalue weighted by molar-refractivity contribution is 7.89. The second-order valence-electron chi connectivity index (χ2n) is 8.55. The zero-order valence-electron chi connectivity index (χ0n) is 20.1. The Morgan fingerprint density at radius 2 is 1.76 bits per heavy atom. The predicted octanol–water partition coefficient (Wildman–Crippen LogP) is 4.05. The lowest BCUT2D eigenvalue weighted by Gasteiger charge is -2.32. The van der Waals surface area contributed by atoms with Crippen molar-refractivity contribution in [3.05, 3.63) is 82.8 Å². The van der Waals surface area contributed by atoms with Crippen LogP contribution in [0.5, 0.6) is 5.75 Å². The van der Waals surface area contributed by atoms with E-state index in [0.717, 1.165) is 23.3 Å². The molecular weight excluding hydrogens is 513 g/mol. The minimum absolute atomic E-state index is 0.103. The second kappa shape index (κ2) is 11.4. The number of carboxylic acids is 1. The van der Waals surface area contributed by atoms with E-state index >= 15 is 0 Å². The van der Waals surface area contributed by atoms with Crippen LogP contribution in [0.4, 0.5) is 13.2 Å². The maximum absolute atomic E-state index is 12.7. The van der Waals surface area contributed by atoms with Crippen molar-refractivity contribution in [2.24, 2.45) is 5.73 Å². The smallest absolute Gasteiger partial charge is 0.490 e. The van der Waals surface area contributed by atoms with Gasteiger partial charge >= 0.3 is 12.1 Å². The van der Waals surface area contributed by atoms with Gasteiger partial charge < -0.3 is 20.0 Å². The summed E-state index contributed by atoms with van der Waals surface area (Å²) in [5.41, 5.74) is 9.46. The summed E-state index contributed by atoms with van der Waals surface area (Å²) in [5, 5.41) is 7.12. The minimum atomic E-state index is -5.08. The molecule has 200 valence electrons. The number of ether oxygens (including phenoxy) is 1. The summed E-state index contributed by atoms with van der Waals surface area (Å²) in [5.74, 6) is -0.895. The van der Waals surface area contributed by atoms with E-state index in [2.05, 4.69) is 16.9 Å². The van der Waals surface area contributed by atoms with Crippen molar-refractivity contribution < 1.29 is 40.6 Å². The number of hydrogen-bond acceptors (Lipinski definition) is 6. The monoisotopic (exact) mass is 540 g/mol. The Labute approximate surface area is 212 Å². The van der Waals surface area contributed by atoms with Gasteiger partial charge in [0, 0.05) is 18.5 Å². The molecule has 37 heavy (non-hydrogen) atoms. The summed E-state index contributed by atoms with van der Waals surface area (Å²) in [6.07, 6.45) is -4.28. The average molecular weight is 541 g/mol. The molecule has 0 fully saturated rings. The number of aryl methyl sites for hydroxylation is 2. The van der Waals surface area contributed by atoms with Gasteiger partial charge in [0.15, 0.2) is 0 Å². The van der Waals surface area contributed by atoms with Crippen LogP contribution in [0.25, 0.3) is 0 Å². The molecule has 12 heteroatoms. The number of benzene rings is 2. The molecule has 2 heterocycles. The standard InChI is InChI=1S/C23H26N2O4S.C2HF3O2/c1-15-10-23(16(2)29-15)30(26,27)25-13-18-8-9-22-20(12-18)19(21(24)14-28-22)11-17-6-4-3-5-7-17;3-2(4,5)1(6)7/h3-10,12,19,21,25H,11,13-14,24H2,1-2H3;(H,6,7). The van der Waals surface area contributed by atoms with Crippen LogP contribution >= 0.6 is 0 Å². The van der Waals surface area contributed by atoms with Gasteiger partial charge in [-0.15, -0.1) is 0 Å². The Bertz CT molecular complexity index is 1340. The van der Waals surface area contributed by atoms with Crippen LogP contribution in [0.15, 0.2) is 63.9 Å². The Hall–Kier alpha value is -3.35. The van der Waals surface area contributed by atoms with E-state index in [9.17, 15) is 21.6 Å². The summed E-state index contributed by atoms with van der Waals surface area (Å²) < 4.78 is 70.9. The fourth-order valence-electron chi connectivity index (χ4n) is 3.92. The molecule has 3 aromatic rings. The molecule has 0 saturated heterocycles. The molecule has 8 nitrogen and oxygen atoms in total. The van der Waals surface area contributed by atoms with Crippen molar-refractivity contribution in [1.29, 1.82) is 0 Å². The number of hydrogen-bond donors (Lipinski definition) is 3.